The molecule has 0 bridgehead atoms. The van der Waals surface area contributed by atoms with E-state index >= 15 is 0 Å². The summed E-state index contributed by atoms with van der Waals surface area (Å²) in [5.41, 5.74) is 0.708. The van der Waals surface area contributed by atoms with Gasteiger partial charge in [-0.1, -0.05) is 10.6 Å². The number of ether oxygens (including phenoxy) is 2. The van der Waals surface area contributed by atoms with Gasteiger partial charge < -0.3 is 14.4 Å². The van der Waals surface area contributed by atoms with E-state index in [0.717, 1.165) is 30.9 Å². The minimum Gasteiger partial charge on any atom is -0.497 e. The van der Waals surface area contributed by atoms with Crippen molar-refractivity contribution in [2.75, 3.05) is 26.8 Å². The lowest BCUT2D eigenvalue weighted by atomic mass is 9.98. The molecule has 0 radical (unpaired) electrons. The van der Waals surface area contributed by atoms with Gasteiger partial charge >= 0.3 is 0 Å². The van der Waals surface area contributed by atoms with Crippen molar-refractivity contribution >= 4 is 17.4 Å². The molecule has 2 heterocycles. The average molecular weight is 347 g/mol. The van der Waals surface area contributed by atoms with E-state index in [1.807, 2.05) is 36.1 Å². The molecule has 0 unspecified atom stereocenters. The predicted octanol–water partition coefficient (Wildman–Crippen LogP) is 2.79. The number of rotatable bonds is 5. The largest absolute Gasteiger partial charge is 0.497 e. The molecule has 0 N–H and O–H groups in total. The third-order valence-electron chi connectivity index (χ3n) is 4.18. The lowest BCUT2D eigenvalue weighted by Crippen LogP contribution is -2.41. The van der Waals surface area contributed by atoms with Crippen molar-refractivity contribution in [2.45, 2.75) is 19.8 Å². The Labute approximate surface area is 145 Å². The summed E-state index contributed by atoms with van der Waals surface area (Å²) in [7, 11) is 1.64. The molecular formula is C17H21N3O3S. The average Bonchev–Trinajstić information content (AvgIpc) is 3.05. The lowest BCUT2D eigenvalue weighted by Gasteiger charge is -2.32. The number of aryl methyl sites for hydroxylation is 1. The van der Waals surface area contributed by atoms with Gasteiger partial charge in [0.05, 0.1) is 19.4 Å². The molecule has 1 aliphatic heterocycles. The van der Waals surface area contributed by atoms with Crippen LogP contribution in [0.25, 0.3) is 0 Å². The van der Waals surface area contributed by atoms with Crippen molar-refractivity contribution in [2.24, 2.45) is 5.92 Å². The Balaban J connectivity index is 1.57. The molecule has 0 spiro atoms. The number of piperidine rings is 1. The molecule has 1 fully saturated rings. The molecule has 7 heteroatoms. The fraction of sp³-hybridized carbons (Fsp3) is 0.471. The summed E-state index contributed by atoms with van der Waals surface area (Å²) in [6.07, 6.45) is 2.05. The van der Waals surface area contributed by atoms with E-state index in [0.29, 0.717) is 29.6 Å². The van der Waals surface area contributed by atoms with Crippen LogP contribution in [0.1, 0.15) is 28.2 Å². The second kappa shape index (κ2) is 7.61. The van der Waals surface area contributed by atoms with Crippen molar-refractivity contribution < 1.29 is 14.3 Å². The second-order valence-corrected chi connectivity index (χ2v) is 6.69. The zero-order valence-electron chi connectivity index (χ0n) is 13.9. The SMILES string of the molecule is COc1cccc(OC[C@@H]2CCCN(C(=O)c3snnc3C)C2)c1. The van der Waals surface area contributed by atoms with Gasteiger partial charge in [0.15, 0.2) is 0 Å². The van der Waals surface area contributed by atoms with Crippen molar-refractivity contribution in [3.05, 3.63) is 34.8 Å². The van der Waals surface area contributed by atoms with Crippen LogP contribution in [-0.4, -0.2) is 47.2 Å². The first-order chi connectivity index (χ1) is 11.7. The first-order valence-electron chi connectivity index (χ1n) is 8.02. The number of hydrogen-bond donors (Lipinski definition) is 0. The maximum Gasteiger partial charge on any atom is 0.267 e. The smallest absolute Gasteiger partial charge is 0.267 e. The Morgan fingerprint density at radius 3 is 3.00 bits per heavy atom. The number of carbonyl (C=O) groups excluding carboxylic acids is 1. The van der Waals surface area contributed by atoms with Gasteiger partial charge in [-0.15, -0.1) is 5.10 Å². The Kier molecular flexibility index (Phi) is 5.30. The topological polar surface area (TPSA) is 64.6 Å². The van der Waals surface area contributed by atoms with Crippen molar-refractivity contribution in [1.82, 2.24) is 14.5 Å². The van der Waals surface area contributed by atoms with Crippen LogP contribution in [0.5, 0.6) is 11.5 Å². The van der Waals surface area contributed by atoms with Crippen LogP contribution in [0, 0.1) is 12.8 Å². The van der Waals surface area contributed by atoms with E-state index < -0.39 is 0 Å². The van der Waals surface area contributed by atoms with Crippen molar-refractivity contribution in [3.63, 3.8) is 0 Å². The molecule has 3 rings (SSSR count). The van der Waals surface area contributed by atoms with Crippen LogP contribution < -0.4 is 9.47 Å². The highest BCUT2D eigenvalue weighted by molar-refractivity contribution is 7.07. The fourth-order valence-electron chi connectivity index (χ4n) is 2.86. The van der Waals surface area contributed by atoms with E-state index in [1.165, 1.54) is 11.5 Å². The van der Waals surface area contributed by atoms with Gasteiger partial charge in [0.1, 0.15) is 16.4 Å². The number of amides is 1. The Bertz CT molecular complexity index is 704. The minimum atomic E-state index is 0.0357. The molecule has 1 atom stereocenters. The van der Waals surface area contributed by atoms with Gasteiger partial charge in [0.25, 0.3) is 5.91 Å². The van der Waals surface area contributed by atoms with Gasteiger partial charge in [-0.05, 0) is 43.4 Å². The summed E-state index contributed by atoms with van der Waals surface area (Å²) in [4.78, 5) is 15.1. The summed E-state index contributed by atoms with van der Waals surface area (Å²) in [6.45, 7) is 3.91. The number of nitrogens with zero attached hydrogens (tertiary/aromatic N) is 3. The van der Waals surface area contributed by atoms with Gasteiger partial charge in [-0.2, -0.15) is 0 Å². The highest BCUT2D eigenvalue weighted by Crippen LogP contribution is 2.23. The fourth-order valence-corrected chi connectivity index (χ4v) is 3.49. The first-order valence-corrected chi connectivity index (χ1v) is 8.80. The van der Waals surface area contributed by atoms with E-state index in [4.69, 9.17) is 9.47 Å². The quantitative estimate of drug-likeness (QED) is 0.832. The maximum absolute atomic E-state index is 12.6. The van der Waals surface area contributed by atoms with Crippen molar-refractivity contribution in [1.29, 1.82) is 0 Å². The summed E-state index contributed by atoms with van der Waals surface area (Å²) in [6, 6.07) is 7.59. The monoisotopic (exact) mass is 347 g/mol. The lowest BCUT2D eigenvalue weighted by molar-refractivity contribution is 0.0637. The Morgan fingerprint density at radius 2 is 2.25 bits per heavy atom. The highest BCUT2D eigenvalue weighted by atomic mass is 32.1. The molecule has 0 saturated carbocycles. The van der Waals surface area contributed by atoms with E-state index in [-0.39, 0.29) is 5.91 Å². The van der Waals surface area contributed by atoms with Crippen LogP contribution in [0.4, 0.5) is 0 Å². The maximum atomic E-state index is 12.6. The number of hydrogen-bond acceptors (Lipinski definition) is 6. The molecular weight excluding hydrogens is 326 g/mol. The van der Waals surface area contributed by atoms with E-state index in [9.17, 15) is 4.79 Å². The number of likely N-dealkylation sites (tertiary alicyclic amines) is 1. The molecule has 0 aliphatic carbocycles. The molecule has 1 amide bonds. The molecule has 1 aromatic carbocycles. The Morgan fingerprint density at radius 1 is 1.42 bits per heavy atom. The molecule has 1 aliphatic rings. The van der Waals surface area contributed by atoms with Crippen LogP contribution >= 0.6 is 11.5 Å². The molecule has 6 nitrogen and oxygen atoms in total. The number of aromatic nitrogens is 2. The highest BCUT2D eigenvalue weighted by Gasteiger charge is 2.27. The van der Waals surface area contributed by atoms with Gasteiger partial charge in [0, 0.05) is 25.1 Å². The third kappa shape index (κ3) is 3.84. The summed E-state index contributed by atoms with van der Waals surface area (Å²) >= 11 is 1.17. The van der Waals surface area contributed by atoms with Crippen LogP contribution in [0.2, 0.25) is 0 Å². The number of carbonyl (C=O) groups is 1. The molecule has 1 saturated heterocycles. The zero-order chi connectivity index (χ0) is 16.9. The second-order valence-electron chi connectivity index (χ2n) is 5.94. The number of benzene rings is 1. The van der Waals surface area contributed by atoms with E-state index in [1.54, 1.807) is 7.11 Å². The summed E-state index contributed by atoms with van der Waals surface area (Å²) < 4.78 is 15.0. The summed E-state index contributed by atoms with van der Waals surface area (Å²) in [5.74, 6) is 1.94. The zero-order valence-corrected chi connectivity index (χ0v) is 14.7. The van der Waals surface area contributed by atoms with Crippen molar-refractivity contribution in [3.8, 4) is 11.5 Å². The third-order valence-corrected chi connectivity index (χ3v) is 4.99. The normalized spacial score (nSPS) is 17.6. The molecule has 24 heavy (non-hydrogen) atoms. The number of methoxy groups -OCH3 is 1. The molecule has 2 aromatic rings. The Hall–Kier alpha value is -2.15. The van der Waals surface area contributed by atoms with E-state index in [2.05, 4.69) is 9.59 Å². The van der Waals surface area contributed by atoms with Gasteiger partial charge in [0.2, 0.25) is 0 Å². The minimum absolute atomic E-state index is 0.0357. The van der Waals surface area contributed by atoms with Crippen LogP contribution in [0.15, 0.2) is 24.3 Å². The van der Waals surface area contributed by atoms with Gasteiger partial charge in [-0.3, -0.25) is 4.79 Å². The van der Waals surface area contributed by atoms with Gasteiger partial charge in [-0.25, -0.2) is 0 Å². The molecule has 128 valence electrons. The summed E-state index contributed by atoms with van der Waals surface area (Å²) in [5, 5.41) is 3.93. The van der Waals surface area contributed by atoms with Crippen LogP contribution in [-0.2, 0) is 0 Å². The first kappa shape index (κ1) is 16.7. The predicted molar refractivity (Wildman–Crippen MR) is 91.8 cm³/mol. The molecule has 1 aromatic heterocycles. The standard InChI is InChI=1S/C17H21N3O3S/c1-12-16(24-19-18-12)17(21)20-8-4-5-13(10-20)11-23-15-7-3-6-14(9-15)22-2/h3,6-7,9,13H,4-5,8,10-11H2,1-2H3/t13-/m1/s1. The van der Waals surface area contributed by atoms with Crippen LogP contribution in [0.3, 0.4) is 0 Å².